The number of para-hydroxylation sites is 5. The van der Waals surface area contributed by atoms with Gasteiger partial charge in [-0.1, -0.05) is 208 Å². The first-order valence-electron chi connectivity index (χ1n) is 23.0. The van der Waals surface area contributed by atoms with E-state index >= 15 is 0 Å². The van der Waals surface area contributed by atoms with Gasteiger partial charge in [0.25, 0.3) is 0 Å². The van der Waals surface area contributed by atoms with Gasteiger partial charge in [0.1, 0.15) is 0 Å². The van der Waals surface area contributed by atoms with Crippen LogP contribution in [0.25, 0.3) is 66.8 Å². The maximum atomic E-state index is 2.48. The molecule has 0 aromatic heterocycles. The van der Waals surface area contributed by atoms with Crippen molar-refractivity contribution in [2.24, 2.45) is 0 Å². The van der Waals surface area contributed by atoms with E-state index in [0.29, 0.717) is 0 Å². The van der Waals surface area contributed by atoms with Crippen LogP contribution in [-0.2, 0) is 0 Å². The Kier molecular flexibility index (Phi) is 10.6. The highest BCUT2D eigenvalue weighted by atomic mass is 15.2. The number of fused-ring (bicyclic) bond motifs is 10. The second-order valence-electron chi connectivity index (χ2n) is 16.5. The summed E-state index contributed by atoms with van der Waals surface area (Å²) < 4.78 is 0. The molecule has 0 fully saturated rings. The van der Waals surface area contributed by atoms with Crippen LogP contribution in [0, 0.1) is 0 Å². The number of hydrogen-bond acceptors (Lipinski definition) is 3. The fourth-order valence-corrected chi connectivity index (χ4v) is 10.1. The van der Waals surface area contributed by atoms with Crippen molar-refractivity contribution in [3.8, 4) is 66.8 Å². The molecule has 0 aliphatic carbocycles. The molecule has 3 nitrogen and oxygen atoms in total. The molecule has 0 bridgehead atoms. The third-order valence-corrected chi connectivity index (χ3v) is 13.0. The lowest BCUT2D eigenvalue weighted by atomic mass is 9.93. The van der Waals surface area contributed by atoms with Gasteiger partial charge in [0.2, 0.25) is 0 Å². The molecule has 10 aromatic rings. The van der Waals surface area contributed by atoms with E-state index in [4.69, 9.17) is 0 Å². The summed E-state index contributed by atoms with van der Waals surface area (Å²) in [5, 5.41) is 0. The number of benzene rings is 10. The van der Waals surface area contributed by atoms with Crippen LogP contribution < -0.4 is 14.7 Å². The van der Waals surface area contributed by atoms with E-state index in [1.165, 1.54) is 66.8 Å². The Morgan fingerprint density at radius 2 is 0.561 bits per heavy atom. The Morgan fingerprint density at radius 1 is 0.273 bits per heavy atom. The van der Waals surface area contributed by atoms with Crippen LogP contribution in [-0.4, -0.2) is 7.05 Å². The number of hydrogen-bond donors (Lipinski definition) is 0. The standard InChI is InChI=1S/C61H43N3.C2H6/c1-62(57-34-16-11-29-52(57)47-24-6-5-23-46(47)42-21-3-2-4-22-42)43-39-44(63-58-35-17-12-30-53(58)48-25-7-8-26-49(48)54-31-13-18-36-59(54)63)41-45(40-43)64-60-37-19-14-32-55(60)50-27-9-10-28-51(50)56-33-15-20-38-61(56)64;1-2/h2-41H,1H3;1-2H3. The SMILES string of the molecule is CC.CN(c1cc(N2c3ccccc3-c3ccccc3-c3ccccc32)cc(N2c3ccccc3-c3ccccc3-c3ccccc32)c1)c1ccccc1-c1ccccc1-c1ccccc1. The first-order valence-corrected chi connectivity index (χ1v) is 23.0. The molecule has 2 aliphatic heterocycles. The first kappa shape index (κ1) is 40.4. The van der Waals surface area contributed by atoms with Crippen LogP contribution in [0.3, 0.4) is 0 Å². The second-order valence-corrected chi connectivity index (χ2v) is 16.5. The van der Waals surface area contributed by atoms with Crippen molar-refractivity contribution in [1.82, 2.24) is 0 Å². The molecule has 0 radical (unpaired) electrons. The summed E-state index contributed by atoms with van der Waals surface area (Å²) in [5.41, 5.74) is 23.2. The zero-order chi connectivity index (χ0) is 44.6. The van der Waals surface area contributed by atoms with E-state index in [2.05, 4.69) is 264 Å². The van der Waals surface area contributed by atoms with Crippen LogP contribution in [0.5, 0.6) is 0 Å². The molecule has 0 amide bonds. The molecule has 316 valence electrons. The lowest BCUT2D eigenvalue weighted by Crippen LogP contribution is -2.17. The maximum Gasteiger partial charge on any atom is 0.0540 e. The second kappa shape index (κ2) is 17.3. The van der Waals surface area contributed by atoms with Gasteiger partial charge in [-0.2, -0.15) is 0 Å². The van der Waals surface area contributed by atoms with Gasteiger partial charge < -0.3 is 14.7 Å². The van der Waals surface area contributed by atoms with Crippen molar-refractivity contribution in [2.45, 2.75) is 13.8 Å². The molecular formula is C63H49N3. The summed E-state index contributed by atoms with van der Waals surface area (Å²) >= 11 is 0. The van der Waals surface area contributed by atoms with Crippen LogP contribution in [0.15, 0.2) is 243 Å². The summed E-state index contributed by atoms with van der Waals surface area (Å²) in [7, 11) is 2.22. The average Bonchev–Trinajstić information content (AvgIpc) is 3.61. The van der Waals surface area contributed by atoms with Crippen LogP contribution in [0.4, 0.5) is 45.5 Å². The normalized spacial score (nSPS) is 11.8. The zero-order valence-corrected chi connectivity index (χ0v) is 37.4. The van der Waals surface area contributed by atoms with E-state index in [9.17, 15) is 0 Å². The molecule has 12 rings (SSSR count). The summed E-state index contributed by atoms with van der Waals surface area (Å²) in [6.07, 6.45) is 0. The summed E-state index contributed by atoms with van der Waals surface area (Å²) in [4.78, 5) is 7.33. The lowest BCUT2D eigenvalue weighted by Gasteiger charge is -2.33. The van der Waals surface area contributed by atoms with Gasteiger partial charge in [-0.3, -0.25) is 0 Å². The highest BCUT2D eigenvalue weighted by molar-refractivity contribution is 6.06. The topological polar surface area (TPSA) is 9.72 Å². The Hall–Kier alpha value is -8.40. The summed E-state index contributed by atoms with van der Waals surface area (Å²) in [6.45, 7) is 4.00. The van der Waals surface area contributed by atoms with Crippen molar-refractivity contribution in [3.63, 3.8) is 0 Å². The van der Waals surface area contributed by atoms with Gasteiger partial charge in [0.05, 0.1) is 34.1 Å². The quantitative estimate of drug-likeness (QED) is 0.165. The molecule has 2 heterocycles. The van der Waals surface area contributed by atoms with Crippen molar-refractivity contribution >= 4 is 45.5 Å². The van der Waals surface area contributed by atoms with Crippen LogP contribution >= 0.6 is 0 Å². The lowest BCUT2D eigenvalue weighted by molar-refractivity contribution is 1.19. The summed E-state index contributed by atoms with van der Waals surface area (Å²) in [6, 6.07) is 88.6. The number of nitrogens with zero attached hydrogens (tertiary/aromatic N) is 3. The first-order chi connectivity index (χ1) is 32.7. The molecule has 66 heavy (non-hydrogen) atoms. The molecule has 0 atom stereocenters. The molecule has 10 aromatic carbocycles. The van der Waals surface area contributed by atoms with Gasteiger partial charge in [0, 0.05) is 46.2 Å². The van der Waals surface area contributed by atoms with E-state index in [-0.39, 0.29) is 0 Å². The molecule has 0 saturated heterocycles. The number of anilines is 8. The fourth-order valence-electron chi connectivity index (χ4n) is 10.1. The molecule has 3 heteroatoms. The predicted octanol–water partition coefficient (Wildman–Crippen LogP) is 18.0. The van der Waals surface area contributed by atoms with Gasteiger partial charge in [-0.05, 0) is 87.5 Å². The average molecular weight is 848 g/mol. The molecule has 0 N–H and O–H groups in total. The molecular weight excluding hydrogens is 799 g/mol. The van der Waals surface area contributed by atoms with Gasteiger partial charge in [-0.25, -0.2) is 0 Å². The van der Waals surface area contributed by atoms with Crippen molar-refractivity contribution in [1.29, 1.82) is 0 Å². The minimum Gasteiger partial charge on any atom is -0.344 e. The van der Waals surface area contributed by atoms with Gasteiger partial charge in [-0.15, -0.1) is 0 Å². The highest BCUT2D eigenvalue weighted by Crippen LogP contribution is 2.55. The maximum absolute atomic E-state index is 2.48. The molecule has 0 unspecified atom stereocenters. The minimum absolute atomic E-state index is 1.06. The Balaban J connectivity index is 0.00000238. The molecule has 0 spiro atoms. The third kappa shape index (κ3) is 6.85. The Labute approximate surface area is 388 Å². The van der Waals surface area contributed by atoms with Crippen molar-refractivity contribution < 1.29 is 0 Å². The Bertz CT molecular complexity index is 3100. The minimum atomic E-state index is 1.06. The Morgan fingerprint density at radius 3 is 0.955 bits per heavy atom. The highest BCUT2D eigenvalue weighted by Gasteiger charge is 2.30. The van der Waals surface area contributed by atoms with Crippen LogP contribution in [0.1, 0.15) is 13.8 Å². The van der Waals surface area contributed by atoms with Crippen molar-refractivity contribution in [3.05, 3.63) is 243 Å². The summed E-state index contributed by atoms with van der Waals surface area (Å²) in [5.74, 6) is 0. The van der Waals surface area contributed by atoms with E-state index in [1.807, 2.05) is 13.8 Å². The van der Waals surface area contributed by atoms with E-state index < -0.39 is 0 Å². The van der Waals surface area contributed by atoms with Gasteiger partial charge in [0.15, 0.2) is 0 Å². The van der Waals surface area contributed by atoms with Gasteiger partial charge >= 0.3 is 0 Å². The van der Waals surface area contributed by atoms with Crippen molar-refractivity contribution in [2.75, 3.05) is 21.7 Å². The van der Waals surface area contributed by atoms with Crippen LogP contribution in [0.2, 0.25) is 0 Å². The fraction of sp³-hybridized carbons (Fsp3) is 0.0476. The molecule has 2 aliphatic rings. The largest absolute Gasteiger partial charge is 0.344 e. The molecule has 0 saturated carbocycles. The predicted molar refractivity (Wildman–Crippen MR) is 281 cm³/mol. The third-order valence-electron chi connectivity index (χ3n) is 13.0. The monoisotopic (exact) mass is 847 g/mol. The number of rotatable bonds is 6. The van der Waals surface area contributed by atoms with E-state index in [1.54, 1.807) is 0 Å². The zero-order valence-electron chi connectivity index (χ0n) is 37.4. The van der Waals surface area contributed by atoms with E-state index in [0.717, 1.165) is 45.5 Å². The smallest absolute Gasteiger partial charge is 0.0540 e.